The van der Waals surface area contributed by atoms with Crippen molar-refractivity contribution in [2.75, 3.05) is 5.32 Å². The number of nitrogens with one attached hydrogen (secondary N) is 1. The number of amides is 1. The summed E-state index contributed by atoms with van der Waals surface area (Å²) < 4.78 is 0. The fraction of sp³-hybridized carbons (Fsp3) is 0.610. The van der Waals surface area contributed by atoms with Crippen LogP contribution in [0.5, 0.6) is 0 Å². The lowest BCUT2D eigenvalue weighted by Gasteiger charge is -2.70. The van der Waals surface area contributed by atoms with E-state index >= 15 is 0 Å². The number of aromatic nitrogens is 2. The number of fused-ring (bicyclic) bond motifs is 7. The summed E-state index contributed by atoms with van der Waals surface area (Å²) in [6, 6.07) is 9.75. The van der Waals surface area contributed by atoms with Gasteiger partial charge in [-0.3, -0.25) is 14.6 Å². The Balaban J connectivity index is 1.29. The maximum atomic E-state index is 14.4. The maximum absolute atomic E-state index is 14.4. The average Bonchev–Trinajstić information content (AvgIpc) is 3.01. The number of carbonyl (C=O) groups is 2. The molecule has 5 nitrogen and oxygen atoms in total. The molecule has 1 amide bonds. The number of rotatable bonds is 3. The third kappa shape index (κ3) is 4.46. The second kappa shape index (κ2) is 10.5. The molecule has 244 valence electrons. The lowest BCUT2D eigenvalue weighted by Crippen LogP contribution is -2.65. The number of anilines is 1. The summed E-state index contributed by atoms with van der Waals surface area (Å²) in [4.78, 5) is 37.3. The molecule has 3 unspecified atom stereocenters. The smallest absolute Gasteiger partial charge is 0.232 e. The Bertz CT molecular complexity index is 1610. The van der Waals surface area contributed by atoms with Crippen molar-refractivity contribution in [1.82, 2.24) is 9.97 Å². The van der Waals surface area contributed by atoms with Crippen LogP contribution in [0.1, 0.15) is 112 Å². The normalized spacial score (nSPS) is 40.1. The van der Waals surface area contributed by atoms with Gasteiger partial charge in [-0.05, 0) is 133 Å². The van der Waals surface area contributed by atoms with Crippen LogP contribution in [0.25, 0.3) is 6.08 Å². The highest BCUT2D eigenvalue weighted by Crippen LogP contribution is 2.75. The van der Waals surface area contributed by atoms with Crippen LogP contribution in [0, 0.1) is 50.2 Å². The summed E-state index contributed by atoms with van der Waals surface area (Å²) in [7, 11) is 0. The van der Waals surface area contributed by atoms with Gasteiger partial charge >= 0.3 is 0 Å². The van der Waals surface area contributed by atoms with Crippen LogP contribution in [0.3, 0.4) is 0 Å². The number of hydrogen-bond acceptors (Lipinski definition) is 4. The van der Waals surface area contributed by atoms with E-state index in [1.165, 1.54) is 0 Å². The zero-order valence-electron chi connectivity index (χ0n) is 29.1. The van der Waals surface area contributed by atoms with Gasteiger partial charge in [-0.2, -0.15) is 0 Å². The van der Waals surface area contributed by atoms with Crippen LogP contribution >= 0.6 is 0 Å². The van der Waals surface area contributed by atoms with Crippen molar-refractivity contribution < 1.29 is 9.59 Å². The first-order valence-electron chi connectivity index (χ1n) is 17.7. The van der Waals surface area contributed by atoms with Gasteiger partial charge in [0.05, 0.1) is 5.41 Å². The predicted molar refractivity (Wildman–Crippen MR) is 185 cm³/mol. The standard InChI is InChI=1S/C41H53N3O2/c1-36(2)17-19-41(35(46)44-33-12-8-9-22-43-33)20-18-39(6)29(30(41)25-36)13-14-32-38(5)24-28(23-27-11-10-21-42-26-27)34(45)37(3,4)31(38)15-16-40(32,39)7/h8-13,21-23,26,30-32H,14-20,24-25H2,1-7H3,(H,43,44,46)/b28-23+/t30?,31?,32?,38-,39+,40+,41-/m0/s1. The summed E-state index contributed by atoms with van der Waals surface area (Å²) in [5, 5.41) is 3.26. The molecule has 2 aromatic rings. The molecule has 0 bridgehead atoms. The highest BCUT2D eigenvalue weighted by molar-refractivity contribution is 6.04. The zero-order valence-corrected chi connectivity index (χ0v) is 29.1. The van der Waals surface area contributed by atoms with Gasteiger partial charge in [0, 0.05) is 24.0 Å². The van der Waals surface area contributed by atoms with Crippen molar-refractivity contribution in [3.05, 3.63) is 71.7 Å². The van der Waals surface area contributed by atoms with Crippen LogP contribution in [0.2, 0.25) is 0 Å². The van der Waals surface area contributed by atoms with E-state index in [1.807, 2.05) is 30.5 Å². The van der Waals surface area contributed by atoms with Crippen molar-refractivity contribution in [3.63, 3.8) is 0 Å². The van der Waals surface area contributed by atoms with Crippen molar-refractivity contribution in [2.24, 2.45) is 50.2 Å². The Labute approximate surface area is 276 Å². The lowest BCUT2D eigenvalue weighted by molar-refractivity contribution is -0.178. The van der Waals surface area contributed by atoms with Crippen LogP contribution in [0.15, 0.2) is 66.1 Å². The number of hydrogen-bond donors (Lipinski definition) is 1. The highest BCUT2D eigenvalue weighted by Gasteiger charge is 2.69. The molecule has 4 fully saturated rings. The minimum Gasteiger partial charge on any atom is -0.310 e. The Kier molecular flexibility index (Phi) is 7.17. The fourth-order valence-electron chi connectivity index (χ4n) is 12.0. The third-order valence-corrected chi connectivity index (χ3v) is 14.6. The number of pyridine rings is 2. The molecule has 0 aliphatic heterocycles. The van der Waals surface area contributed by atoms with E-state index in [0.29, 0.717) is 23.4 Å². The topological polar surface area (TPSA) is 72.0 Å². The molecule has 2 aromatic heterocycles. The van der Waals surface area contributed by atoms with Gasteiger partial charge in [-0.1, -0.05) is 72.2 Å². The maximum Gasteiger partial charge on any atom is 0.232 e. The van der Waals surface area contributed by atoms with Gasteiger partial charge in [-0.25, -0.2) is 4.98 Å². The minimum atomic E-state index is -0.411. The molecule has 0 saturated heterocycles. The van der Waals surface area contributed by atoms with Crippen molar-refractivity contribution in [3.8, 4) is 0 Å². The number of carbonyl (C=O) groups excluding carboxylic acids is 2. The predicted octanol–water partition coefficient (Wildman–Crippen LogP) is 9.48. The first kappa shape index (κ1) is 31.5. The van der Waals surface area contributed by atoms with E-state index in [-0.39, 0.29) is 33.5 Å². The Morgan fingerprint density at radius 3 is 2.41 bits per heavy atom. The van der Waals surface area contributed by atoms with E-state index in [1.54, 1.807) is 18.0 Å². The summed E-state index contributed by atoms with van der Waals surface area (Å²) >= 11 is 0. The van der Waals surface area contributed by atoms with Gasteiger partial charge in [0.25, 0.3) is 0 Å². The molecule has 5 heteroatoms. The number of ketones is 1. The minimum absolute atomic E-state index is 0.000216. The first-order chi connectivity index (χ1) is 21.7. The van der Waals surface area contributed by atoms with E-state index < -0.39 is 10.8 Å². The van der Waals surface area contributed by atoms with Crippen LogP contribution in [-0.2, 0) is 9.59 Å². The van der Waals surface area contributed by atoms with Gasteiger partial charge in [0.15, 0.2) is 5.78 Å². The van der Waals surface area contributed by atoms with Gasteiger partial charge in [0.1, 0.15) is 5.82 Å². The van der Waals surface area contributed by atoms with Crippen LogP contribution < -0.4 is 5.32 Å². The molecule has 2 heterocycles. The van der Waals surface area contributed by atoms with Crippen LogP contribution in [-0.4, -0.2) is 21.7 Å². The summed E-state index contributed by atoms with van der Waals surface area (Å²) in [5.41, 5.74) is 3.00. The quantitative estimate of drug-likeness (QED) is 0.274. The highest BCUT2D eigenvalue weighted by atomic mass is 16.2. The van der Waals surface area contributed by atoms with E-state index in [9.17, 15) is 9.59 Å². The summed E-state index contributed by atoms with van der Waals surface area (Å²) in [6.07, 6.45) is 19.2. The van der Waals surface area contributed by atoms with Crippen molar-refractivity contribution in [2.45, 2.75) is 106 Å². The molecule has 4 saturated carbocycles. The Hall–Kier alpha value is -3.08. The molecule has 5 aliphatic rings. The molecule has 1 N–H and O–H groups in total. The Morgan fingerprint density at radius 1 is 0.913 bits per heavy atom. The molecule has 0 aromatic carbocycles. The zero-order chi connectivity index (χ0) is 32.8. The largest absolute Gasteiger partial charge is 0.310 e. The second-order valence-electron chi connectivity index (χ2n) is 17.7. The second-order valence-corrected chi connectivity index (χ2v) is 17.7. The molecule has 46 heavy (non-hydrogen) atoms. The fourth-order valence-corrected chi connectivity index (χ4v) is 12.0. The summed E-state index contributed by atoms with van der Waals surface area (Å²) in [5.74, 6) is 2.16. The van der Waals surface area contributed by atoms with E-state index in [0.717, 1.165) is 68.9 Å². The van der Waals surface area contributed by atoms with E-state index in [2.05, 4.69) is 82.0 Å². The molecule has 0 spiro atoms. The molecular formula is C41H53N3O2. The number of allylic oxidation sites excluding steroid dienone is 3. The van der Waals surface area contributed by atoms with Gasteiger partial charge in [0.2, 0.25) is 5.91 Å². The molecule has 5 aliphatic carbocycles. The van der Waals surface area contributed by atoms with Crippen LogP contribution in [0.4, 0.5) is 5.82 Å². The Morgan fingerprint density at radius 2 is 1.70 bits per heavy atom. The molecule has 7 rings (SSSR count). The number of Topliss-reactive ketones (excluding diaryl/α,β-unsaturated/α-hetero) is 1. The monoisotopic (exact) mass is 619 g/mol. The average molecular weight is 620 g/mol. The van der Waals surface area contributed by atoms with Crippen molar-refractivity contribution >= 4 is 23.6 Å². The van der Waals surface area contributed by atoms with Gasteiger partial charge < -0.3 is 5.32 Å². The lowest BCUT2D eigenvalue weighted by atomic mass is 9.33. The van der Waals surface area contributed by atoms with Gasteiger partial charge in [-0.15, -0.1) is 0 Å². The summed E-state index contributed by atoms with van der Waals surface area (Å²) in [6.45, 7) is 16.9. The van der Waals surface area contributed by atoms with E-state index in [4.69, 9.17) is 0 Å². The number of nitrogens with zero attached hydrogens (tertiary/aromatic N) is 2. The molecular weight excluding hydrogens is 566 g/mol. The first-order valence-corrected chi connectivity index (χ1v) is 17.7. The molecule has 7 atom stereocenters. The van der Waals surface area contributed by atoms with Crippen molar-refractivity contribution in [1.29, 1.82) is 0 Å². The third-order valence-electron chi connectivity index (χ3n) is 14.6. The SMILES string of the molecule is CC1(C)CC[C@]2(C(=O)Nc3ccccn3)CC[C@]3(C)C(=CCC4[C@@]5(C)C/C(=C\c6cccnc6)C(=O)C(C)(C)C5CC[C@]43C)C2C1. The molecule has 0 radical (unpaired) electrons.